The third-order valence-electron chi connectivity index (χ3n) is 5.89. The number of thiophene rings is 1. The number of amides is 1. The van der Waals surface area contributed by atoms with Crippen LogP contribution in [0, 0.1) is 6.92 Å². The van der Waals surface area contributed by atoms with Gasteiger partial charge in [0.25, 0.3) is 0 Å². The molecule has 0 unspecified atom stereocenters. The van der Waals surface area contributed by atoms with Gasteiger partial charge in [0.2, 0.25) is 11.9 Å². The number of hydrogen-bond acceptors (Lipinski definition) is 5. The van der Waals surface area contributed by atoms with Crippen molar-refractivity contribution in [2.45, 2.75) is 33.1 Å². The van der Waals surface area contributed by atoms with Crippen LogP contribution >= 0.6 is 11.3 Å². The molecule has 1 aromatic carbocycles. The van der Waals surface area contributed by atoms with Gasteiger partial charge in [0, 0.05) is 48.9 Å². The first-order valence-electron chi connectivity index (χ1n) is 10.00. The number of hydrogen-bond donors (Lipinski definition) is 0. The molecule has 2 aromatic heterocycles. The van der Waals surface area contributed by atoms with Crippen molar-refractivity contribution in [2.75, 3.05) is 31.1 Å². The molecule has 144 valence electrons. The van der Waals surface area contributed by atoms with E-state index < -0.39 is 0 Å². The number of carbonyl (C=O) groups excluding carboxylic acids is 1. The maximum atomic E-state index is 11.6. The summed E-state index contributed by atoms with van der Waals surface area (Å²) in [6, 6.07) is 8.66. The maximum Gasteiger partial charge on any atom is 0.227 e. The summed E-state index contributed by atoms with van der Waals surface area (Å²) in [5.74, 6) is 0.942. The predicted molar refractivity (Wildman–Crippen MR) is 114 cm³/mol. The van der Waals surface area contributed by atoms with Gasteiger partial charge in [-0.3, -0.25) is 4.79 Å². The first-order chi connectivity index (χ1) is 13.6. The van der Waals surface area contributed by atoms with Gasteiger partial charge < -0.3 is 9.80 Å². The highest BCUT2D eigenvalue weighted by molar-refractivity contribution is 7.19. The fraction of sp³-hybridized carbons (Fsp3) is 0.409. The molecule has 0 radical (unpaired) electrons. The molecule has 6 heteroatoms. The van der Waals surface area contributed by atoms with Crippen LogP contribution in [-0.4, -0.2) is 47.0 Å². The second kappa shape index (κ2) is 6.85. The summed E-state index contributed by atoms with van der Waals surface area (Å²) in [7, 11) is 0. The molecular formula is C22H24N4OS. The number of aromatic nitrogens is 2. The van der Waals surface area contributed by atoms with E-state index in [9.17, 15) is 4.79 Å². The van der Waals surface area contributed by atoms with E-state index >= 15 is 0 Å². The molecule has 0 atom stereocenters. The fourth-order valence-electron chi connectivity index (χ4n) is 4.27. The van der Waals surface area contributed by atoms with Crippen molar-refractivity contribution in [1.29, 1.82) is 0 Å². The van der Waals surface area contributed by atoms with Gasteiger partial charge in [0.1, 0.15) is 4.83 Å². The number of carbonyl (C=O) groups is 1. The quantitative estimate of drug-likeness (QED) is 0.665. The largest absolute Gasteiger partial charge is 0.339 e. The van der Waals surface area contributed by atoms with Crippen molar-refractivity contribution in [1.82, 2.24) is 14.9 Å². The molecule has 1 aliphatic heterocycles. The van der Waals surface area contributed by atoms with Crippen LogP contribution in [0.15, 0.2) is 24.3 Å². The molecule has 5 rings (SSSR count). The molecule has 0 spiro atoms. The Labute approximate surface area is 169 Å². The zero-order valence-corrected chi connectivity index (χ0v) is 17.2. The normalized spacial score (nSPS) is 16.6. The second-order valence-corrected chi connectivity index (χ2v) is 8.85. The highest BCUT2D eigenvalue weighted by atomic mass is 32.1. The van der Waals surface area contributed by atoms with Crippen molar-refractivity contribution < 1.29 is 4.79 Å². The van der Waals surface area contributed by atoms with E-state index in [4.69, 9.17) is 9.97 Å². The van der Waals surface area contributed by atoms with Crippen LogP contribution in [0.1, 0.15) is 29.3 Å². The summed E-state index contributed by atoms with van der Waals surface area (Å²) in [6.07, 6.45) is 3.53. The van der Waals surface area contributed by atoms with Crippen LogP contribution < -0.4 is 4.90 Å². The molecule has 3 heterocycles. The average molecular weight is 393 g/mol. The minimum Gasteiger partial charge on any atom is -0.339 e. The number of rotatable bonds is 2. The Morgan fingerprint density at radius 1 is 1.04 bits per heavy atom. The Balaban J connectivity index is 1.60. The SMILES string of the molecule is CC(=O)N1CCN(c2nc(-c3ccc(C)cc3)c3c4c(sc3n2)CCC4)CC1. The van der Waals surface area contributed by atoms with Crippen molar-refractivity contribution in [3.8, 4) is 11.3 Å². The molecule has 1 amide bonds. The van der Waals surface area contributed by atoms with E-state index in [-0.39, 0.29) is 5.91 Å². The number of benzene rings is 1. The van der Waals surface area contributed by atoms with Gasteiger partial charge in [-0.15, -0.1) is 11.3 Å². The lowest BCUT2D eigenvalue weighted by atomic mass is 10.0. The summed E-state index contributed by atoms with van der Waals surface area (Å²) in [6.45, 7) is 6.78. The first kappa shape index (κ1) is 17.6. The molecule has 1 saturated heterocycles. The molecule has 0 N–H and O–H groups in total. The predicted octanol–water partition coefficient (Wildman–Crippen LogP) is 3.82. The van der Waals surface area contributed by atoms with Gasteiger partial charge >= 0.3 is 0 Å². The molecule has 3 aromatic rings. The molecule has 0 bridgehead atoms. The van der Waals surface area contributed by atoms with Crippen molar-refractivity contribution >= 4 is 33.4 Å². The maximum absolute atomic E-state index is 11.6. The number of aryl methyl sites for hydroxylation is 3. The number of fused-ring (bicyclic) bond motifs is 3. The van der Waals surface area contributed by atoms with Crippen molar-refractivity contribution in [2.24, 2.45) is 0 Å². The molecular weight excluding hydrogens is 368 g/mol. The van der Waals surface area contributed by atoms with Crippen LogP contribution in [0.2, 0.25) is 0 Å². The first-order valence-corrected chi connectivity index (χ1v) is 10.8. The fourth-order valence-corrected chi connectivity index (χ4v) is 5.52. The lowest BCUT2D eigenvalue weighted by Crippen LogP contribution is -2.48. The van der Waals surface area contributed by atoms with E-state index in [0.717, 1.165) is 61.1 Å². The van der Waals surface area contributed by atoms with Gasteiger partial charge in [-0.1, -0.05) is 29.8 Å². The third kappa shape index (κ3) is 2.96. The smallest absolute Gasteiger partial charge is 0.227 e. The van der Waals surface area contributed by atoms with E-state index in [1.807, 2.05) is 16.2 Å². The van der Waals surface area contributed by atoms with E-state index in [1.54, 1.807) is 6.92 Å². The number of piperazine rings is 1. The highest BCUT2D eigenvalue weighted by Crippen LogP contribution is 2.41. The molecule has 5 nitrogen and oxygen atoms in total. The highest BCUT2D eigenvalue weighted by Gasteiger charge is 2.26. The van der Waals surface area contributed by atoms with Crippen LogP contribution in [-0.2, 0) is 17.6 Å². The van der Waals surface area contributed by atoms with Gasteiger partial charge in [-0.25, -0.2) is 9.97 Å². The van der Waals surface area contributed by atoms with Crippen LogP contribution in [0.25, 0.3) is 21.5 Å². The topological polar surface area (TPSA) is 49.3 Å². The van der Waals surface area contributed by atoms with Crippen molar-refractivity contribution in [3.05, 3.63) is 40.3 Å². The summed E-state index contributed by atoms with van der Waals surface area (Å²) >= 11 is 1.84. The minimum atomic E-state index is 0.144. The third-order valence-corrected chi connectivity index (χ3v) is 7.07. The Morgan fingerprint density at radius 2 is 1.79 bits per heavy atom. The Morgan fingerprint density at radius 3 is 2.50 bits per heavy atom. The van der Waals surface area contributed by atoms with Crippen LogP contribution in [0.4, 0.5) is 5.95 Å². The molecule has 0 saturated carbocycles. The van der Waals surface area contributed by atoms with Gasteiger partial charge in [-0.2, -0.15) is 0 Å². The lowest BCUT2D eigenvalue weighted by molar-refractivity contribution is -0.129. The van der Waals surface area contributed by atoms with Gasteiger partial charge in [-0.05, 0) is 31.7 Å². The summed E-state index contributed by atoms with van der Waals surface area (Å²) in [4.78, 5) is 28.4. The second-order valence-electron chi connectivity index (χ2n) is 7.77. The molecule has 2 aliphatic rings. The van der Waals surface area contributed by atoms with Gasteiger partial charge in [0.05, 0.1) is 5.69 Å². The Hall–Kier alpha value is -2.47. The van der Waals surface area contributed by atoms with Crippen LogP contribution in [0.5, 0.6) is 0 Å². The van der Waals surface area contributed by atoms with E-state index in [2.05, 4.69) is 36.1 Å². The lowest BCUT2D eigenvalue weighted by Gasteiger charge is -2.34. The minimum absolute atomic E-state index is 0.144. The standard InChI is InChI=1S/C22H24N4OS/c1-14-6-8-16(9-7-14)20-19-17-4-3-5-18(17)28-21(19)24-22(23-20)26-12-10-25(11-13-26)15(2)27/h6-9H,3-5,10-13H2,1-2H3. The number of nitrogens with zero attached hydrogens (tertiary/aromatic N) is 4. The molecule has 1 fully saturated rings. The monoisotopic (exact) mass is 392 g/mol. The van der Waals surface area contributed by atoms with E-state index in [0.29, 0.717) is 0 Å². The van der Waals surface area contributed by atoms with E-state index in [1.165, 1.54) is 27.8 Å². The van der Waals surface area contributed by atoms with Gasteiger partial charge in [0.15, 0.2) is 0 Å². The Kier molecular flexibility index (Phi) is 4.31. The molecule has 28 heavy (non-hydrogen) atoms. The summed E-state index contributed by atoms with van der Waals surface area (Å²) < 4.78 is 0. The Bertz CT molecular complexity index is 1050. The average Bonchev–Trinajstić information content (AvgIpc) is 3.29. The summed E-state index contributed by atoms with van der Waals surface area (Å²) in [5, 5.41) is 1.26. The molecule has 1 aliphatic carbocycles. The zero-order chi connectivity index (χ0) is 19.3. The van der Waals surface area contributed by atoms with Crippen molar-refractivity contribution in [3.63, 3.8) is 0 Å². The zero-order valence-electron chi connectivity index (χ0n) is 16.4. The summed E-state index contributed by atoms with van der Waals surface area (Å²) in [5.41, 5.74) is 4.94. The van der Waals surface area contributed by atoms with Crippen LogP contribution in [0.3, 0.4) is 0 Å². The number of anilines is 1.